The summed E-state index contributed by atoms with van der Waals surface area (Å²) >= 11 is 3.61. The number of nitrogens with one attached hydrogen (secondary N) is 1. The summed E-state index contributed by atoms with van der Waals surface area (Å²) in [7, 11) is -3.01. The first-order chi connectivity index (χ1) is 6.55. The molecule has 1 N–H and O–H groups in total. The molecule has 1 fully saturated rings. The minimum atomic E-state index is -3.01. The van der Waals surface area contributed by atoms with E-state index in [4.69, 9.17) is 0 Å². The van der Waals surface area contributed by atoms with Gasteiger partial charge in [0.15, 0.2) is 0 Å². The van der Waals surface area contributed by atoms with E-state index in [1.54, 1.807) is 6.92 Å². The van der Waals surface area contributed by atoms with Crippen LogP contribution in [0.4, 0.5) is 0 Å². The van der Waals surface area contributed by atoms with Crippen molar-refractivity contribution in [1.29, 1.82) is 0 Å². The maximum atomic E-state index is 11.2. The molecule has 1 aliphatic carbocycles. The van der Waals surface area contributed by atoms with E-state index in [1.807, 2.05) is 0 Å². The lowest BCUT2D eigenvalue weighted by Gasteiger charge is -2.27. The van der Waals surface area contributed by atoms with E-state index >= 15 is 0 Å². The van der Waals surface area contributed by atoms with E-state index in [-0.39, 0.29) is 5.75 Å². The Kier molecular flexibility index (Phi) is 4.87. The van der Waals surface area contributed by atoms with E-state index in [2.05, 4.69) is 20.7 Å². The second kappa shape index (κ2) is 5.47. The van der Waals surface area contributed by atoms with Crippen LogP contribution in [0.2, 0.25) is 0 Å². The highest BCUT2D eigenvalue weighted by atomic mass is 79.9. The standard InChI is InChI=1S/C9H18BrNO2S/c1-2-14(12,13)11-7-8-5-3-4-6-9(8)10/h8-9,11H,2-7H2,1H3. The molecule has 84 valence electrons. The molecule has 1 rings (SSSR count). The summed E-state index contributed by atoms with van der Waals surface area (Å²) in [6, 6.07) is 0. The first-order valence-electron chi connectivity index (χ1n) is 5.16. The molecule has 0 spiro atoms. The van der Waals surface area contributed by atoms with Gasteiger partial charge >= 0.3 is 0 Å². The monoisotopic (exact) mass is 283 g/mol. The summed E-state index contributed by atoms with van der Waals surface area (Å²) in [6.07, 6.45) is 4.77. The van der Waals surface area contributed by atoms with Gasteiger partial charge in [-0.2, -0.15) is 0 Å². The normalized spacial score (nSPS) is 29.0. The molecule has 5 heteroatoms. The van der Waals surface area contributed by atoms with Crippen LogP contribution in [0.15, 0.2) is 0 Å². The SMILES string of the molecule is CCS(=O)(=O)NCC1CCCCC1Br. The minimum Gasteiger partial charge on any atom is -0.215 e. The van der Waals surface area contributed by atoms with Gasteiger partial charge in [0, 0.05) is 11.4 Å². The third-order valence-electron chi connectivity index (χ3n) is 2.76. The zero-order valence-corrected chi connectivity index (χ0v) is 10.9. The topological polar surface area (TPSA) is 46.2 Å². The van der Waals surface area contributed by atoms with Crippen molar-refractivity contribution in [2.45, 2.75) is 37.4 Å². The molecule has 0 aromatic heterocycles. The lowest BCUT2D eigenvalue weighted by Crippen LogP contribution is -2.35. The van der Waals surface area contributed by atoms with Crippen molar-refractivity contribution >= 4 is 26.0 Å². The summed E-state index contributed by atoms with van der Waals surface area (Å²) in [6.45, 7) is 2.25. The average Bonchev–Trinajstić information content (AvgIpc) is 2.17. The van der Waals surface area contributed by atoms with Crippen LogP contribution in [0.5, 0.6) is 0 Å². The number of hydrogen-bond acceptors (Lipinski definition) is 2. The molecule has 2 unspecified atom stereocenters. The van der Waals surface area contributed by atoms with Crippen molar-refractivity contribution in [1.82, 2.24) is 4.72 Å². The number of alkyl halides is 1. The molecule has 2 atom stereocenters. The molecule has 0 saturated heterocycles. The number of halogens is 1. The molecular formula is C9H18BrNO2S. The van der Waals surface area contributed by atoms with Gasteiger partial charge in [-0.05, 0) is 25.7 Å². The van der Waals surface area contributed by atoms with Gasteiger partial charge in [-0.3, -0.25) is 0 Å². The first kappa shape index (κ1) is 12.5. The fourth-order valence-electron chi connectivity index (χ4n) is 1.73. The molecule has 0 amide bonds. The molecular weight excluding hydrogens is 266 g/mol. The van der Waals surface area contributed by atoms with Gasteiger partial charge in [0.05, 0.1) is 5.75 Å². The van der Waals surface area contributed by atoms with Crippen LogP contribution in [-0.2, 0) is 10.0 Å². The summed E-state index contributed by atoms with van der Waals surface area (Å²) in [5.41, 5.74) is 0. The van der Waals surface area contributed by atoms with E-state index in [0.717, 1.165) is 6.42 Å². The van der Waals surface area contributed by atoms with Crippen molar-refractivity contribution in [2.75, 3.05) is 12.3 Å². The highest BCUT2D eigenvalue weighted by molar-refractivity contribution is 9.09. The van der Waals surface area contributed by atoms with Crippen LogP contribution in [0.1, 0.15) is 32.6 Å². The van der Waals surface area contributed by atoms with Crippen molar-refractivity contribution in [2.24, 2.45) is 5.92 Å². The highest BCUT2D eigenvalue weighted by Crippen LogP contribution is 2.29. The Morgan fingerprint density at radius 2 is 2.00 bits per heavy atom. The molecule has 0 aromatic rings. The molecule has 0 heterocycles. The van der Waals surface area contributed by atoms with Crippen LogP contribution in [0.25, 0.3) is 0 Å². The summed E-state index contributed by atoms with van der Waals surface area (Å²) in [4.78, 5) is 0.482. The molecule has 1 saturated carbocycles. The lowest BCUT2D eigenvalue weighted by molar-refractivity contribution is 0.373. The van der Waals surface area contributed by atoms with Gasteiger partial charge in [-0.15, -0.1) is 0 Å². The zero-order chi connectivity index (χ0) is 10.6. The summed E-state index contributed by atoms with van der Waals surface area (Å²) < 4.78 is 25.1. The van der Waals surface area contributed by atoms with Gasteiger partial charge in [-0.1, -0.05) is 28.8 Å². The third kappa shape index (κ3) is 3.87. The maximum absolute atomic E-state index is 11.2. The molecule has 0 aromatic carbocycles. The van der Waals surface area contributed by atoms with Crippen LogP contribution < -0.4 is 4.72 Å². The Labute approximate surface area is 94.8 Å². The molecule has 3 nitrogen and oxygen atoms in total. The van der Waals surface area contributed by atoms with Crippen LogP contribution >= 0.6 is 15.9 Å². The van der Waals surface area contributed by atoms with Gasteiger partial charge in [-0.25, -0.2) is 13.1 Å². The number of hydrogen-bond donors (Lipinski definition) is 1. The molecule has 0 radical (unpaired) electrons. The Hall–Kier alpha value is 0.390. The first-order valence-corrected chi connectivity index (χ1v) is 7.73. The average molecular weight is 284 g/mol. The van der Waals surface area contributed by atoms with Gasteiger partial charge in [0.1, 0.15) is 0 Å². The van der Waals surface area contributed by atoms with Gasteiger partial charge < -0.3 is 0 Å². The van der Waals surface area contributed by atoms with E-state index in [0.29, 0.717) is 17.3 Å². The number of rotatable bonds is 4. The van der Waals surface area contributed by atoms with Crippen molar-refractivity contribution < 1.29 is 8.42 Å². The van der Waals surface area contributed by atoms with Crippen LogP contribution in [0.3, 0.4) is 0 Å². The van der Waals surface area contributed by atoms with Crippen molar-refractivity contribution in [3.05, 3.63) is 0 Å². The lowest BCUT2D eigenvalue weighted by atomic mass is 9.89. The summed E-state index contributed by atoms with van der Waals surface area (Å²) in [5, 5.41) is 0. The van der Waals surface area contributed by atoms with Crippen LogP contribution in [0, 0.1) is 5.92 Å². The highest BCUT2D eigenvalue weighted by Gasteiger charge is 2.23. The Bertz CT molecular complexity index is 266. The fraction of sp³-hybridized carbons (Fsp3) is 1.00. The van der Waals surface area contributed by atoms with Crippen LogP contribution in [-0.4, -0.2) is 25.5 Å². The Morgan fingerprint density at radius 1 is 1.36 bits per heavy atom. The number of sulfonamides is 1. The van der Waals surface area contributed by atoms with E-state index in [1.165, 1.54) is 19.3 Å². The molecule has 0 bridgehead atoms. The second-order valence-corrected chi connectivity index (χ2v) is 7.08. The van der Waals surface area contributed by atoms with Gasteiger partial charge in [0.2, 0.25) is 10.0 Å². The van der Waals surface area contributed by atoms with Crippen molar-refractivity contribution in [3.63, 3.8) is 0 Å². The predicted molar refractivity (Wildman–Crippen MR) is 62.1 cm³/mol. The quantitative estimate of drug-likeness (QED) is 0.801. The Balaban J connectivity index is 2.36. The smallest absolute Gasteiger partial charge is 0.211 e. The van der Waals surface area contributed by atoms with Gasteiger partial charge in [0.25, 0.3) is 0 Å². The van der Waals surface area contributed by atoms with E-state index in [9.17, 15) is 8.42 Å². The predicted octanol–water partition coefficient (Wildman–Crippen LogP) is 1.88. The molecule has 0 aliphatic heterocycles. The molecule has 1 aliphatic rings. The minimum absolute atomic E-state index is 0.173. The summed E-state index contributed by atoms with van der Waals surface area (Å²) in [5.74, 6) is 0.636. The second-order valence-electron chi connectivity index (χ2n) is 3.81. The zero-order valence-electron chi connectivity index (χ0n) is 8.50. The fourth-order valence-corrected chi connectivity index (χ4v) is 3.18. The third-order valence-corrected chi connectivity index (χ3v) is 5.33. The van der Waals surface area contributed by atoms with Crippen molar-refractivity contribution in [3.8, 4) is 0 Å². The Morgan fingerprint density at radius 3 is 2.57 bits per heavy atom. The van der Waals surface area contributed by atoms with E-state index < -0.39 is 10.0 Å². The maximum Gasteiger partial charge on any atom is 0.211 e. The molecule has 14 heavy (non-hydrogen) atoms. The largest absolute Gasteiger partial charge is 0.215 e.